The highest BCUT2D eigenvalue weighted by Crippen LogP contribution is 2.25. The van der Waals surface area contributed by atoms with Gasteiger partial charge in [0.05, 0.1) is 31.1 Å². The summed E-state index contributed by atoms with van der Waals surface area (Å²) in [5, 5.41) is 15.0. The molecule has 1 aromatic carbocycles. The van der Waals surface area contributed by atoms with Crippen LogP contribution in [0.15, 0.2) is 30.5 Å². The second kappa shape index (κ2) is 17.6. The number of nitrogens with two attached hydrogens (primary N) is 1. The Morgan fingerprint density at radius 2 is 1.83 bits per heavy atom. The molecular weight excluding hydrogens is 600 g/mol. The minimum absolute atomic E-state index is 0.0640. The number of aromatic nitrogens is 3. The number of benzene rings is 1. The third-order valence-electron chi connectivity index (χ3n) is 8.52. The highest BCUT2D eigenvalue weighted by Gasteiger charge is 2.21. The largest absolute Gasteiger partial charge is 0.481 e. The normalized spacial score (nSPS) is 14.3. The van der Waals surface area contributed by atoms with Gasteiger partial charge in [-0.05, 0) is 36.1 Å². The monoisotopic (exact) mass is 650 g/mol. The molecule has 5 N–H and O–H groups in total. The molecule has 0 spiro atoms. The third kappa shape index (κ3) is 10.6. The minimum atomic E-state index is -0.999. The Balaban J connectivity index is 1.20. The minimum Gasteiger partial charge on any atom is -0.481 e. The molecule has 0 bridgehead atoms. The van der Waals surface area contributed by atoms with Crippen LogP contribution in [0.25, 0.3) is 11.0 Å². The van der Waals surface area contributed by atoms with Gasteiger partial charge in [0.25, 0.3) is 0 Å². The fourth-order valence-corrected chi connectivity index (χ4v) is 5.71. The average molecular weight is 651 g/mol. The highest BCUT2D eigenvalue weighted by atomic mass is 16.5. The number of unbranched alkanes of at least 4 members (excludes halogenated alkanes) is 2. The molecule has 0 aliphatic carbocycles. The van der Waals surface area contributed by atoms with Crippen LogP contribution >= 0.6 is 0 Å². The van der Waals surface area contributed by atoms with Gasteiger partial charge in [-0.15, -0.1) is 0 Å². The number of carboxylic acid groups (broad SMARTS) is 1. The second-order valence-corrected chi connectivity index (χ2v) is 12.3. The zero-order chi connectivity index (χ0) is 33.8. The molecule has 13 heteroatoms. The highest BCUT2D eigenvalue weighted by molar-refractivity contribution is 5.87. The number of nitrogens with one attached hydrogen (secondary N) is 2. The quantitative estimate of drug-likeness (QED) is 0.150. The van der Waals surface area contributed by atoms with E-state index in [0.717, 1.165) is 62.3 Å². The van der Waals surface area contributed by atoms with Crippen LogP contribution in [0.1, 0.15) is 62.6 Å². The molecule has 0 radical (unpaired) electrons. The second-order valence-electron chi connectivity index (χ2n) is 12.3. The van der Waals surface area contributed by atoms with Crippen molar-refractivity contribution >= 4 is 40.6 Å². The first-order chi connectivity index (χ1) is 22.6. The Morgan fingerprint density at radius 3 is 2.55 bits per heavy atom. The lowest BCUT2D eigenvalue weighted by Crippen LogP contribution is -2.48. The van der Waals surface area contributed by atoms with Gasteiger partial charge in [0.1, 0.15) is 5.52 Å². The lowest BCUT2D eigenvalue weighted by Gasteiger charge is -2.35. The van der Waals surface area contributed by atoms with Crippen LogP contribution < -0.4 is 16.4 Å². The van der Waals surface area contributed by atoms with Crippen LogP contribution in [0, 0.1) is 12.8 Å². The topological polar surface area (TPSA) is 168 Å². The Hall–Kier alpha value is -4.23. The first-order valence-corrected chi connectivity index (χ1v) is 16.7. The lowest BCUT2D eigenvalue weighted by molar-refractivity contribution is -0.143. The zero-order valence-corrected chi connectivity index (χ0v) is 28.0. The molecule has 1 aliphatic rings. The van der Waals surface area contributed by atoms with E-state index in [1.165, 1.54) is 23.6 Å². The maximum absolute atomic E-state index is 12.7. The Labute approximate surface area is 276 Å². The molecule has 1 aliphatic heterocycles. The summed E-state index contributed by atoms with van der Waals surface area (Å²) in [5.74, 6) is -0.935. The third-order valence-corrected chi connectivity index (χ3v) is 8.52. The van der Waals surface area contributed by atoms with Crippen molar-refractivity contribution in [2.24, 2.45) is 5.92 Å². The number of nitrogens with zero attached hydrogens (tertiary/aromatic N) is 5. The molecule has 2 aromatic heterocycles. The number of aryl methyl sites for hydroxylation is 1. The van der Waals surface area contributed by atoms with Crippen LogP contribution in [-0.2, 0) is 32.2 Å². The van der Waals surface area contributed by atoms with Crippen LogP contribution in [0.4, 0.5) is 11.8 Å². The molecule has 3 aromatic rings. The number of fused-ring (bicyclic) bond motifs is 1. The van der Waals surface area contributed by atoms with Gasteiger partial charge in [0.15, 0.2) is 5.82 Å². The van der Waals surface area contributed by atoms with E-state index in [1.807, 2.05) is 17.2 Å². The van der Waals surface area contributed by atoms with Gasteiger partial charge in [-0.2, -0.15) is 4.98 Å². The molecule has 1 unspecified atom stereocenters. The standard InChI is InChI=1S/C34H50N8O5/c1-4-5-6-11-37-32-31-28(38-34(35)39-32)9-13-42(31)23-27-8-7-26(20-24(27)2)22-40-14-16-41(17-15-40)30(44)10-18-47-19-12-36-29(43)21-25(3)33(45)46/h7-9,13,20,25H,4-6,10-12,14-19,21-23H2,1-3H3,(H,36,43)(H,45,46)(H3,35,37,38,39). The van der Waals surface area contributed by atoms with E-state index < -0.39 is 11.9 Å². The Morgan fingerprint density at radius 1 is 1.04 bits per heavy atom. The van der Waals surface area contributed by atoms with E-state index in [9.17, 15) is 14.4 Å². The maximum atomic E-state index is 12.7. The van der Waals surface area contributed by atoms with E-state index in [0.29, 0.717) is 19.6 Å². The summed E-state index contributed by atoms with van der Waals surface area (Å²) < 4.78 is 7.69. The van der Waals surface area contributed by atoms with Crippen molar-refractivity contribution in [2.75, 3.05) is 63.5 Å². The number of carbonyl (C=O) groups is 3. The van der Waals surface area contributed by atoms with E-state index in [2.05, 4.69) is 62.1 Å². The number of carbonyl (C=O) groups excluding carboxylic acids is 2. The summed E-state index contributed by atoms with van der Waals surface area (Å²) in [7, 11) is 0. The number of nitrogen functional groups attached to an aromatic ring is 1. The van der Waals surface area contributed by atoms with Crippen LogP contribution in [0.3, 0.4) is 0 Å². The molecule has 0 saturated carbocycles. The number of carboxylic acids is 1. The summed E-state index contributed by atoms with van der Waals surface area (Å²) in [6.07, 6.45) is 5.67. The number of anilines is 2. The van der Waals surface area contributed by atoms with Crippen molar-refractivity contribution < 1.29 is 24.2 Å². The van der Waals surface area contributed by atoms with Crippen LogP contribution in [0.2, 0.25) is 0 Å². The van der Waals surface area contributed by atoms with Crippen molar-refractivity contribution in [1.29, 1.82) is 0 Å². The molecule has 256 valence electrons. The summed E-state index contributed by atoms with van der Waals surface area (Å²) in [5.41, 5.74) is 11.5. The molecule has 1 atom stereocenters. The molecule has 13 nitrogen and oxygen atoms in total. The van der Waals surface area contributed by atoms with Gasteiger partial charge in [-0.3, -0.25) is 19.3 Å². The average Bonchev–Trinajstić information content (AvgIpc) is 3.44. The molecule has 3 heterocycles. The molecule has 47 heavy (non-hydrogen) atoms. The number of aliphatic carboxylic acids is 1. The van der Waals surface area contributed by atoms with Crippen LogP contribution in [-0.4, -0.2) is 99.7 Å². The molecule has 1 saturated heterocycles. The SMILES string of the molecule is CCCCCNc1nc(N)nc2ccn(Cc3ccc(CN4CCN(C(=O)CCOCCNC(=O)CC(C)C(=O)O)CC4)cc3C)c12. The molecular formula is C34H50N8O5. The number of hydrogen-bond donors (Lipinski definition) is 4. The fraction of sp³-hybridized carbons (Fsp3) is 0.559. The van der Waals surface area contributed by atoms with Gasteiger partial charge < -0.3 is 35.7 Å². The summed E-state index contributed by atoms with van der Waals surface area (Å²) in [6, 6.07) is 8.63. The molecule has 4 rings (SSSR count). The maximum Gasteiger partial charge on any atom is 0.306 e. The first kappa shape index (κ1) is 35.6. The zero-order valence-electron chi connectivity index (χ0n) is 28.0. The predicted octanol–water partition coefficient (Wildman–Crippen LogP) is 3.25. The summed E-state index contributed by atoms with van der Waals surface area (Å²) in [4.78, 5) is 48.5. The summed E-state index contributed by atoms with van der Waals surface area (Å²) in [6.45, 7) is 12.0. The number of ether oxygens (including phenoxy) is 1. The van der Waals surface area contributed by atoms with Crippen LogP contribution in [0.5, 0.6) is 0 Å². The number of hydrogen-bond acceptors (Lipinski definition) is 9. The van der Waals surface area contributed by atoms with Crippen molar-refractivity contribution in [2.45, 2.75) is 66.0 Å². The first-order valence-electron chi connectivity index (χ1n) is 16.7. The lowest BCUT2D eigenvalue weighted by atomic mass is 10.0. The molecule has 1 fully saturated rings. The van der Waals surface area contributed by atoms with Gasteiger partial charge in [0.2, 0.25) is 17.8 Å². The van der Waals surface area contributed by atoms with E-state index in [1.54, 1.807) is 0 Å². The van der Waals surface area contributed by atoms with Gasteiger partial charge in [-0.25, -0.2) is 4.98 Å². The smallest absolute Gasteiger partial charge is 0.306 e. The number of rotatable bonds is 18. The Bertz CT molecular complexity index is 1500. The predicted molar refractivity (Wildman–Crippen MR) is 182 cm³/mol. The number of piperazine rings is 1. The Kier molecular flexibility index (Phi) is 13.4. The van der Waals surface area contributed by atoms with E-state index in [-0.39, 0.29) is 50.4 Å². The number of amides is 2. The van der Waals surface area contributed by atoms with Gasteiger partial charge >= 0.3 is 5.97 Å². The van der Waals surface area contributed by atoms with Gasteiger partial charge in [-0.1, -0.05) is 44.9 Å². The van der Waals surface area contributed by atoms with Crippen molar-refractivity contribution in [1.82, 2.24) is 29.7 Å². The summed E-state index contributed by atoms with van der Waals surface area (Å²) >= 11 is 0. The van der Waals surface area contributed by atoms with E-state index in [4.69, 9.17) is 15.6 Å². The van der Waals surface area contributed by atoms with Crippen molar-refractivity contribution in [3.8, 4) is 0 Å². The van der Waals surface area contributed by atoms with E-state index >= 15 is 0 Å². The van der Waals surface area contributed by atoms with Crippen molar-refractivity contribution in [3.63, 3.8) is 0 Å². The molecule has 2 amide bonds. The fourth-order valence-electron chi connectivity index (χ4n) is 5.71. The van der Waals surface area contributed by atoms with Gasteiger partial charge in [0, 0.05) is 65.0 Å². The van der Waals surface area contributed by atoms with Crippen molar-refractivity contribution in [3.05, 3.63) is 47.2 Å².